The van der Waals surface area contributed by atoms with Gasteiger partial charge in [0.15, 0.2) is 0 Å². The third kappa shape index (κ3) is 2.41. The summed E-state index contributed by atoms with van der Waals surface area (Å²) in [5.74, 6) is 0.368. The van der Waals surface area contributed by atoms with E-state index in [-0.39, 0.29) is 5.97 Å². The van der Waals surface area contributed by atoms with Gasteiger partial charge in [-0.3, -0.25) is 0 Å². The Bertz CT molecular complexity index is 831. The van der Waals surface area contributed by atoms with Crippen molar-refractivity contribution in [3.63, 3.8) is 0 Å². The molecule has 1 aromatic carbocycles. The van der Waals surface area contributed by atoms with E-state index in [0.717, 1.165) is 21.6 Å². The van der Waals surface area contributed by atoms with E-state index < -0.39 is 0 Å². The number of hydrogen-bond donors (Lipinski definition) is 0. The normalized spacial score (nSPS) is 14.4. The smallest absolute Gasteiger partial charge is 0.348 e. The summed E-state index contributed by atoms with van der Waals surface area (Å²) in [4.78, 5) is 13.8. The molecule has 0 radical (unpaired) electrons. The summed E-state index contributed by atoms with van der Waals surface area (Å²) in [5, 5.41) is 5.60. The van der Waals surface area contributed by atoms with Gasteiger partial charge in [-0.05, 0) is 43.9 Å². The number of esters is 1. The largest absolute Gasteiger partial charge is 0.461 e. The molecule has 0 atom stereocenters. The molecule has 1 aliphatic rings. The van der Waals surface area contributed by atoms with Crippen molar-refractivity contribution in [1.82, 2.24) is 9.78 Å². The fraction of sp³-hybridized carbons (Fsp3) is 0.294. The van der Waals surface area contributed by atoms with E-state index in [9.17, 15) is 4.79 Å². The van der Waals surface area contributed by atoms with Crippen molar-refractivity contribution in [2.75, 3.05) is 6.61 Å². The zero-order valence-corrected chi connectivity index (χ0v) is 13.1. The van der Waals surface area contributed by atoms with E-state index >= 15 is 0 Å². The lowest BCUT2D eigenvalue weighted by Crippen LogP contribution is -2.05. The van der Waals surface area contributed by atoms with Gasteiger partial charge in [-0.25, -0.2) is 9.48 Å². The third-order valence-corrected chi connectivity index (χ3v) is 4.98. The summed E-state index contributed by atoms with van der Waals surface area (Å²) < 4.78 is 7.27. The number of carbonyl (C=O) groups is 1. The van der Waals surface area contributed by atoms with Crippen LogP contribution < -0.4 is 0 Å². The fourth-order valence-electron chi connectivity index (χ4n) is 2.44. The zero-order valence-electron chi connectivity index (χ0n) is 12.3. The Kier molecular flexibility index (Phi) is 3.22. The van der Waals surface area contributed by atoms with E-state index in [2.05, 4.69) is 5.10 Å². The van der Waals surface area contributed by atoms with E-state index in [1.807, 2.05) is 48.0 Å². The molecule has 0 saturated heterocycles. The minimum atomic E-state index is -0.216. The van der Waals surface area contributed by atoms with E-state index in [1.165, 1.54) is 24.2 Å². The molecule has 0 aliphatic heterocycles. The summed E-state index contributed by atoms with van der Waals surface area (Å²) in [6.07, 6.45) is 2.36. The number of aromatic nitrogens is 2. The lowest BCUT2D eigenvalue weighted by molar-refractivity contribution is 0.0492. The molecular weight excluding hydrogens is 296 g/mol. The number of ether oxygens (including phenoxy) is 1. The maximum atomic E-state index is 12.2. The van der Waals surface area contributed by atoms with Crippen LogP contribution in [0.15, 0.2) is 36.4 Å². The van der Waals surface area contributed by atoms with Crippen LogP contribution in [0.5, 0.6) is 0 Å². The molecule has 0 amide bonds. The Morgan fingerprint density at radius 2 is 2.14 bits per heavy atom. The maximum absolute atomic E-state index is 12.2. The number of thiophene rings is 1. The number of para-hydroxylation sites is 1. The first-order chi connectivity index (χ1) is 10.7. The van der Waals surface area contributed by atoms with Crippen LogP contribution in [0.4, 0.5) is 0 Å². The molecule has 2 aromatic heterocycles. The summed E-state index contributed by atoms with van der Waals surface area (Å²) in [6.45, 7) is 2.52. The van der Waals surface area contributed by atoms with Gasteiger partial charge in [-0.2, -0.15) is 5.10 Å². The predicted octanol–water partition coefficient (Wildman–Crippen LogP) is 3.96. The first-order valence-corrected chi connectivity index (χ1v) is 8.26. The number of rotatable bonds is 4. The second-order valence-electron chi connectivity index (χ2n) is 5.70. The molecule has 0 spiro atoms. The molecule has 112 valence electrons. The second-order valence-corrected chi connectivity index (χ2v) is 6.73. The van der Waals surface area contributed by atoms with Gasteiger partial charge in [0.1, 0.15) is 9.71 Å². The number of benzene rings is 1. The number of aryl methyl sites for hydroxylation is 1. The summed E-state index contributed by atoms with van der Waals surface area (Å²) in [5.41, 5.74) is 1.93. The van der Waals surface area contributed by atoms with Crippen molar-refractivity contribution in [3.8, 4) is 5.69 Å². The number of carbonyl (C=O) groups excluding carboxylic acids is 1. The first kappa shape index (κ1) is 13.5. The molecule has 5 heteroatoms. The summed E-state index contributed by atoms with van der Waals surface area (Å²) >= 11 is 1.45. The lowest BCUT2D eigenvalue weighted by atomic mass is 10.3. The Morgan fingerprint density at radius 3 is 2.86 bits per heavy atom. The lowest BCUT2D eigenvalue weighted by Gasteiger charge is -2.02. The van der Waals surface area contributed by atoms with Crippen molar-refractivity contribution in [2.24, 2.45) is 5.92 Å². The Morgan fingerprint density at radius 1 is 1.36 bits per heavy atom. The molecule has 22 heavy (non-hydrogen) atoms. The highest BCUT2D eigenvalue weighted by atomic mass is 32.1. The highest BCUT2D eigenvalue weighted by molar-refractivity contribution is 7.20. The van der Waals surface area contributed by atoms with Gasteiger partial charge >= 0.3 is 5.97 Å². The molecule has 1 fully saturated rings. The fourth-order valence-corrected chi connectivity index (χ4v) is 3.52. The van der Waals surface area contributed by atoms with Gasteiger partial charge in [0.25, 0.3) is 0 Å². The second kappa shape index (κ2) is 5.25. The van der Waals surface area contributed by atoms with Crippen LogP contribution in [0, 0.1) is 12.8 Å². The Labute approximate surface area is 132 Å². The maximum Gasteiger partial charge on any atom is 0.348 e. The highest BCUT2D eigenvalue weighted by Crippen LogP contribution is 2.32. The van der Waals surface area contributed by atoms with Crippen molar-refractivity contribution in [3.05, 3.63) is 47.0 Å². The van der Waals surface area contributed by atoms with E-state index in [4.69, 9.17) is 4.74 Å². The molecule has 0 N–H and O–H groups in total. The topological polar surface area (TPSA) is 44.1 Å². The van der Waals surface area contributed by atoms with Crippen molar-refractivity contribution >= 4 is 27.5 Å². The Hall–Kier alpha value is -2.14. The van der Waals surface area contributed by atoms with Crippen LogP contribution in [0.1, 0.15) is 28.2 Å². The number of fused-ring (bicyclic) bond motifs is 1. The highest BCUT2D eigenvalue weighted by Gasteiger charge is 2.24. The molecule has 4 nitrogen and oxygen atoms in total. The molecular formula is C17H16N2O2S. The van der Waals surface area contributed by atoms with Crippen molar-refractivity contribution in [2.45, 2.75) is 19.8 Å². The van der Waals surface area contributed by atoms with E-state index in [1.54, 1.807) is 0 Å². The molecule has 1 aliphatic carbocycles. The van der Waals surface area contributed by atoms with Crippen LogP contribution in [0.2, 0.25) is 0 Å². The Balaban J connectivity index is 1.69. The molecule has 4 rings (SSSR count). The van der Waals surface area contributed by atoms with Crippen molar-refractivity contribution < 1.29 is 9.53 Å². The van der Waals surface area contributed by atoms with Crippen LogP contribution in [-0.4, -0.2) is 22.4 Å². The summed E-state index contributed by atoms with van der Waals surface area (Å²) in [6, 6.07) is 11.9. The summed E-state index contributed by atoms with van der Waals surface area (Å²) in [7, 11) is 0. The van der Waals surface area contributed by atoms with Gasteiger partial charge in [0.05, 0.1) is 18.0 Å². The van der Waals surface area contributed by atoms with E-state index in [0.29, 0.717) is 17.4 Å². The first-order valence-electron chi connectivity index (χ1n) is 7.44. The quantitative estimate of drug-likeness (QED) is 0.685. The van der Waals surface area contributed by atoms with Crippen LogP contribution in [0.25, 0.3) is 15.9 Å². The predicted molar refractivity (Wildman–Crippen MR) is 86.7 cm³/mol. The standard InChI is InChI=1S/C17H16N2O2S/c1-11-14-9-15(17(20)21-10-12-7-8-12)22-16(14)19(18-11)13-5-3-2-4-6-13/h2-6,9,12H,7-8,10H2,1H3. The third-order valence-electron chi connectivity index (χ3n) is 3.89. The van der Waals surface area contributed by atoms with Crippen LogP contribution in [-0.2, 0) is 4.74 Å². The van der Waals surface area contributed by atoms with Gasteiger partial charge < -0.3 is 4.74 Å². The molecule has 3 aromatic rings. The number of nitrogens with zero attached hydrogens (tertiary/aromatic N) is 2. The monoisotopic (exact) mass is 312 g/mol. The van der Waals surface area contributed by atoms with Gasteiger partial charge in [-0.15, -0.1) is 11.3 Å². The average Bonchev–Trinajstić information content (AvgIpc) is 3.18. The van der Waals surface area contributed by atoms with Gasteiger partial charge in [0, 0.05) is 5.39 Å². The van der Waals surface area contributed by atoms with Gasteiger partial charge in [0.2, 0.25) is 0 Å². The molecule has 0 unspecified atom stereocenters. The number of hydrogen-bond acceptors (Lipinski definition) is 4. The molecule has 0 bridgehead atoms. The average molecular weight is 312 g/mol. The van der Waals surface area contributed by atoms with Crippen molar-refractivity contribution in [1.29, 1.82) is 0 Å². The SMILES string of the molecule is Cc1nn(-c2ccccc2)c2sc(C(=O)OCC3CC3)cc12. The zero-order chi connectivity index (χ0) is 15.1. The molecule has 2 heterocycles. The van der Waals surface area contributed by atoms with Crippen LogP contribution >= 0.6 is 11.3 Å². The van der Waals surface area contributed by atoms with Crippen LogP contribution in [0.3, 0.4) is 0 Å². The van der Waals surface area contributed by atoms with Gasteiger partial charge in [-0.1, -0.05) is 18.2 Å². The minimum Gasteiger partial charge on any atom is -0.461 e. The minimum absolute atomic E-state index is 0.216. The molecule has 1 saturated carbocycles.